The summed E-state index contributed by atoms with van der Waals surface area (Å²) in [5, 5.41) is 0. The Morgan fingerprint density at radius 2 is 1.92 bits per heavy atom. The van der Waals surface area contributed by atoms with Gasteiger partial charge in [0.05, 0.1) is 12.8 Å². The van der Waals surface area contributed by atoms with Crippen LogP contribution in [0.4, 0.5) is 0 Å². The van der Waals surface area contributed by atoms with Gasteiger partial charge in [-0.2, -0.15) is 0 Å². The van der Waals surface area contributed by atoms with E-state index in [1.807, 2.05) is 0 Å². The van der Waals surface area contributed by atoms with Gasteiger partial charge in [0.15, 0.2) is 5.69 Å². The molecule has 1 aromatic rings. The van der Waals surface area contributed by atoms with Crippen LogP contribution in [0.5, 0.6) is 0 Å². The van der Waals surface area contributed by atoms with Crippen molar-refractivity contribution < 1.29 is 9.53 Å². The molecule has 0 aromatic carbocycles. The Morgan fingerprint density at radius 1 is 1.38 bits per heavy atom. The van der Waals surface area contributed by atoms with E-state index in [2.05, 4.69) is 21.3 Å². The van der Waals surface area contributed by atoms with Crippen molar-refractivity contribution in [3.05, 3.63) is 30.4 Å². The molecule has 4 heteroatoms. The van der Waals surface area contributed by atoms with E-state index in [0.717, 1.165) is 0 Å². The number of carbonyl (C=O) groups excluding carboxylic acids is 1. The molecule has 68 valence electrons. The van der Waals surface area contributed by atoms with Crippen molar-refractivity contribution in [2.24, 2.45) is 0 Å². The summed E-state index contributed by atoms with van der Waals surface area (Å²) in [6.45, 7) is 5.45. The molecule has 0 atom stereocenters. The second-order valence-electron chi connectivity index (χ2n) is 2.53. The summed E-state index contributed by atoms with van der Waals surface area (Å²) in [4.78, 5) is 19.0. The van der Waals surface area contributed by atoms with Crippen LogP contribution in [0.1, 0.15) is 23.1 Å². The first-order valence-corrected chi connectivity index (χ1v) is 3.72. The van der Waals surface area contributed by atoms with Crippen molar-refractivity contribution in [1.82, 2.24) is 9.97 Å². The van der Waals surface area contributed by atoms with Gasteiger partial charge in [0.1, 0.15) is 0 Å². The average molecular weight is 178 g/mol. The van der Waals surface area contributed by atoms with E-state index in [0.29, 0.717) is 11.3 Å². The largest absolute Gasteiger partial charge is 0.464 e. The standard InChI is InChI=1S/C9H10N2O2/c1-6(2)7-8(9(12)13-3)11-5-4-10-7/h4-5H,1H2,2-3H3. The molecule has 13 heavy (non-hydrogen) atoms. The first-order chi connectivity index (χ1) is 6.16. The van der Waals surface area contributed by atoms with E-state index in [-0.39, 0.29) is 5.69 Å². The van der Waals surface area contributed by atoms with Crippen LogP contribution in [0.15, 0.2) is 19.0 Å². The van der Waals surface area contributed by atoms with Gasteiger partial charge < -0.3 is 4.74 Å². The minimum absolute atomic E-state index is 0.206. The number of aromatic nitrogens is 2. The van der Waals surface area contributed by atoms with E-state index in [1.54, 1.807) is 6.92 Å². The Hall–Kier alpha value is -1.71. The number of nitrogens with zero attached hydrogens (tertiary/aromatic N) is 2. The lowest BCUT2D eigenvalue weighted by Crippen LogP contribution is -2.08. The van der Waals surface area contributed by atoms with Crippen LogP contribution in [0.2, 0.25) is 0 Å². The molecule has 0 saturated heterocycles. The Morgan fingerprint density at radius 3 is 2.38 bits per heavy atom. The molecular formula is C9H10N2O2. The molecule has 0 unspecified atom stereocenters. The van der Waals surface area contributed by atoms with Crippen molar-refractivity contribution in [3.8, 4) is 0 Å². The summed E-state index contributed by atoms with van der Waals surface area (Å²) < 4.78 is 4.54. The van der Waals surface area contributed by atoms with Crippen molar-refractivity contribution in [2.45, 2.75) is 6.92 Å². The molecule has 0 spiro atoms. The fraction of sp³-hybridized carbons (Fsp3) is 0.222. The summed E-state index contributed by atoms with van der Waals surface area (Å²) in [5.41, 5.74) is 1.38. The average Bonchev–Trinajstić information content (AvgIpc) is 2.16. The van der Waals surface area contributed by atoms with E-state index >= 15 is 0 Å². The molecule has 0 fully saturated rings. The third-order valence-electron chi connectivity index (χ3n) is 1.48. The van der Waals surface area contributed by atoms with Crippen LogP contribution < -0.4 is 0 Å². The van der Waals surface area contributed by atoms with Crippen molar-refractivity contribution in [3.63, 3.8) is 0 Å². The molecule has 0 radical (unpaired) electrons. The molecule has 0 aliphatic heterocycles. The Balaban J connectivity index is 3.19. The maximum Gasteiger partial charge on any atom is 0.358 e. The first kappa shape index (κ1) is 9.38. The van der Waals surface area contributed by atoms with Crippen molar-refractivity contribution in [2.75, 3.05) is 7.11 Å². The van der Waals surface area contributed by atoms with Gasteiger partial charge in [0.25, 0.3) is 0 Å². The Labute approximate surface area is 76.3 Å². The number of esters is 1. The molecule has 1 rings (SSSR count). The number of methoxy groups -OCH3 is 1. The highest BCUT2D eigenvalue weighted by atomic mass is 16.5. The monoisotopic (exact) mass is 178 g/mol. The van der Waals surface area contributed by atoms with Gasteiger partial charge in [-0.3, -0.25) is 4.98 Å². The SMILES string of the molecule is C=C(C)c1nccnc1C(=O)OC. The molecule has 4 nitrogen and oxygen atoms in total. The van der Waals surface area contributed by atoms with Crippen LogP contribution >= 0.6 is 0 Å². The van der Waals surface area contributed by atoms with Gasteiger partial charge in [-0.15, -0.1) is 0 Å². The number of carbonyl (C=O) groups is 1. The third kappa shape index (κ3) is 1.90. The van der Waals surface area contributed by atoms with Gasteiger partial charge in [-0.1, -0.05) is 6.58 Å². The van der Waals surface area contributed by atoms with E-state index in [9.17, 15) is 4.79 Å². The van der Waals surface area contributed by atoms with Crippen molar-refractivity contribution >= 4 is 11.5 Å². The number of hydrogen-bond donors (Lipinski definition) is 0. The van der Waals surface area contributed by atoms with Crippen LogP contribution in [0.25, 0.3) is 5.57 Å². The predicted molar refractivity (Wildman–Crippen MR) is 48.1 cm³/mol. The summed E-state index contributed by atoms with van der Waals surface area (Å²) in [7, 11) is 1.30. The molecule has 0 saturated carbocycles. The molecule has 1 aromatic heterocycles. The summed E-state index contributed by atoms with van der Waals surface area (Å²) in [6.07, 6.45) is 2.95. The highest BCUT2D eigenvalue weighted by Gasteiger charge is 2.14. The summed E-state index contributed by atoms with van der Waals surface area (Å²) >= 11 is 0. The quantitative estimate of drug-likeness (QED) is 0.640. The fourth-order valence-corrected chi connectivity index (χ4v) is 0.896. The Bertz CT molecular complexity index is 347. The first-order valence-electron chi connectivity index (χ1n) is 3.72. The number of ether oxygens (including phenoxy) is 1. The molecule has 0 amide bonds. The Kier molecular flexibility index (Phi) is 2.74. The van der Waals surface area contributed by atoms with Crippen LogP contribution in [-0.4, -0.2) is 23.0 Å². The second-order valence-corrected chi connectivity index (χ2v) is 2.53. The van der Waals surface area contributed by atoms with E-state index in [1.165, 1.54) is 19.5 Å². The molecular weight excluding hydrogens is 168 g/mol. The van der Waals surface area contributed by atoms with Gasteiger partial charge in [-0.25, -0.2) is 9.78 Å². The molecule has 0 aliphatic rings. The summed E-state index contributed by atoms with van der Waals surface area (Å²) in [6, 6.07) is 0. The third-order valence-corrected chi connectivity index (χ3v) is 1.48. The maximum absolute atomic E-state index is 11.2. The number of hydrogen-bond acceptors (Lipinski definition) is 4. The van der Waals surface area contributed by atoms with Gasteiger partial charge in [0.2, 0.25) is 0 Å². The zero-order chi connectivity index (χ0) is 9.84. The van der Waals surface area contributed by atoms with Gasteiger partial charge in [0, 0.05) is 12.4 Å². The van der Waals surface area contributed by atoms with E-state index < -0.39 is 5.97 Å². The minimum Gasteiger partial charge on any atom is -0.464 e. The molecule has 0 aliphatic carbocycles. The highest BCUT2D eigenvalue weighted by Crippen LogP contribution is 2.12. The predicted octanol–water partition coefficient (Wildman–Crippen LogP) is 1.30. The zero-order valence-electron chi connectivity index (χ0n) is 7.57. The summed E-state index contributed by atoms with van der Waals surface area (Å²) in [5.74, 6) is -0.494. The molecule has 0 N–H and O–H groups in total. The lowest BCUT2D eigenvalue weighted by atomic mass is 10.2. The second kappa shape index (κ2) is 3.80. The van der Waals surface area contributed by atoms with Gasteiger partial charge in [-0.05, 0) is 12.5 Å². The van der Waals surface area contributed by atoms with Crippen LogP contribution in [0, 0.1) is 0 Å². The lowest BCUT2D eigenvalue weighted by molar-refractivity contribution is 0.0593. The lowest BCUT2D eigenvalue weighted by Gasteiger charge is -2.03. The highest BCUT2D eigenvalue weighted by molar-refractivity contribution is 5.91. The number of rotatable bonds is 2. The normalized spacial score (nSPS) is 9.38. The fourth-order valence-electron chi connectivity index (χ4n) is 0.896. The van der Waals surface area contributed by atoms with Gasteiger partial charge >= 0.3 is 5.97 Å². The maximum atomic E-state index is 11.2. The smallest absolute Gasteiger partial charge is 0.358 e. The topological polar surface area (TPSA) is 52.1 Å². The zero-order valence-corrected chi connectivity index (χ0v) is 7.57. The number of allylic oxidation sites excluding steroid dienone is 1. The molecule has 0 bridgehead atoms. The van der Waals surface area contributed by atoms with Crippen molar-refractivity contribution in [1.29, 1.82) is 0 Å². The van der Waals surface area contributed by atoms with Crippen LogP contribution in [0.3, 0.4) is 0 Å². The molecule has 1 heterocycles. The minimum atomic E-state index is -0.494. The van der Waals surface area contributed by atoms with Crippen LogP contribution in [-0.2, 0) is 4.74 Å². The van der Waals surface area contributed by atoms with E-state index in [4.69, 9.17) is 0 Å².